The SMILES string of the molecule is COC(C)C(=O)Nc1cc(Cl)c(Cl)cc1Cl. The molecule has 88 valence electrons. The van der Waals surface area contributed by atoms with Gasteiger partial charge in [-0.1, -0.05) is 34.8 Å². The molecule has 1 atom stereocenters. The Hall–Kier alpha value is -0.480. The average molecular weight is 283 g/mol. The van der Waals surface area contributed by atoms with Gasteiger partial charge >= 0.3 is 0 Å². The molecule has 0 aliphatic carbocycles. The fourth-order valence-corrected chi connectivity index (χ4v) is 1.55. The summed E-state index contributed by atoms with van der Waals surface area (Å²) in [5.74, 6) is -0.303. The lowest BCUT2D eigenvalue weighted by Crippen LogP contribution is -2.26. The van der Waals surface area contributed by atoms with Crippen LogP contribution in [0, 0.1) is 0 Å². The number of methoxy groups -OCH3 is 1. The number of hydrogen-bond donors (Lipinski definition) is 1. The standard InChI is InChI=1S/C10H10Cl3NO2/c1-5(16-2)10(15)14-9-4-7(12)6(11)3-8(9)13/h3-5H,1-2H3,(H,14,15). The molecule has 0 saturated heterocycles. The van der Waals surface area contributed by atoms with Crippen molar-refractivity contribution in [3.8, 4) is 0 Å². The molecule has 0 bridgehead atoms. The fraction of sp³-hybridized carbons (Fsp3) is 0.300. The van der Waals surface area contributed by atoms with E-state index < -0.39 is 6.10 Å². The summed E-state index contributed by atoms with van der Waals surface area (Å²) in [5.41, 5.74) is 0.407. The highest BCUT2D eigenvalue weighted by atomic mass is 35.5. The number of hydrogen-bond acceptors (Lipinski definition) is 2. The van der Waals surface area contributed by atoms with E-state index in [1.54, 1.807) is 6.92 Å². The highest BCUT2D eigenvalue weighted by Gasteiger charge is 2.14. The van der Waals surface area contributed by atoms with Crippen molar-refractivity contribution in [1.29, 1.82) is 0 Å². The monoisotopic (exact) mass is 281 g/mol. The Kier molecular flexibility index (Phi) is 4.87. The maximum atomic E-state index is 11.5. The number of rotatable bonds is 3. The minimum atomic E-state index is -0.564. The molecule has 0 radical (unpaired) electrons. The van der Waals surface area contributed by atoms with Crippen molar-refractivity contribution in [2.24, 2.45) is 0 Å². The van der Waals surface area contributed by atoms with Crippen molar-refractivity contribution in [2.45, 2.75) is 13.0 Å². The normalized spacial score (nSPS) is 12.3. The molecule has 1 aromatic rings. The first-order valence-electron chi connectivity index (χ1n) is 4.44. The zero-order chi connectivity index (χ0) is 12.3. The van der Waals surface area contributed by atoms with Crippen LogP contribution in [0.1, 0.15) is 6.92 Å². The molecule has 1 N–H and O–H groups in total. The molecule has 3 nitrogen and oxygen atoms in total. The summed E-state index contributed by atoms with van der Waals surface area (Å²) in [5, 5.41) is 3.58. The third kappa shape index (κ3) is 3.25. The third-order valence-corrected chi connectivity index (χ3v) is 3.03. The molecule has 0 fully saturated rings. The molecular weight excluding hydrogens is 272 g/mol. The van der Waals surface area contributed by atoms with Crippen LogP contribution in [0.25, 0.3) is 0 Å². The number of carbonyl (C=O) groups is 1. The Morgan fingerprint density at radius 2 is 1.81 bits per heavy atom. The van der Waals surface area contributed by atoms with E-state index in [-0.39, 0.29) is 5.91 Å². The maximum Gasteiger partial charge on any atom is 0.253 e. The van der Waals surface area contributed by atoms with Crippen LogP contribution in [-0.2, 0) is 9.53 Å². The van der Waals surface area contributed by atoms with E-state index in [1.807, 2.05) is 0 Å². The lowest BCUT2D eigenvalue weighted by atomic mass is 10.3. The fourth-order valence-electron chi connectivity index (χ4n) is 0.960. The quantitative estimate of drug-likeness (QED) is 0.860. The first-order chi connectivity index (χ1) is 7.45. The van der Waals surface area contributed by atoms with E-state index in [0.29, 0.717) is 20.8 Å². The van der Waals surface area contributed by atoms with Gasteiger partial charge in [0.1, 0.15) is 6.10 Å². The Labute approximate surface area is 109 Å². The molecule has 0 aromatic heterocycles. The Morgan fingerprint density at radius 1 is 1.25 bits per heavy atom. The van der Waals surface area contributed by atoms with E-state index in [9.17, 15) is 4.79 Å². The van der Waals surface area contributed by atoms with Gasteiger partial charge in [0.25, 0.3) is 5.91 Å². The lowest BCUT2D eigenvalue weighted by molar-refractivity contribution is -0.124. The predicted octanol–water partition coefficient (Wildman–Crippen LogP) is 3.62. The van der Waals surface area contributed by atoms with Gasteiger partial charge in [0.2, 0.25) is 0 Å². The average Bonchev–Trinajstić information content (AvgIpc) is 2.24. The Bertz CT molecular complexity index is 409. The number of carbonyl (C=O) groups excluding carboxylic acids is 1. The molecule has 1 amide bonds. The zero-order valence-corrected chi connectivity index (χ0v) is 11.0. The van der Waals surface area contributed by atoms with E-state index in [2.05, 4.69) is 5.32 Å². The molecule has 0 spiro atoms. The molecule has 0 aliphatic rings. The number of nitrogens with one attached hydrogen (secondary N) is 1. The second-order valence-corrected chi connectivity index (χ2v) is 4.33. The number of halogens is 3. The van der Waals surface area contributed by atoms with Crippen molar-refractivity contribution < 1.29 is 9.53 Å². The smallest absolute Gasteiger partial charge is 0.253 e. The van der Waals surface area contributed by atoms with E-state index in [0.717, 1.165) is 0 Å². The maximum absolute atomic E-state index is 11.5. The van der Waals surface area contributed by atoms with Crippen LogP contribution >= 0.6 is 34.8 Å². The summed E-state index contributed by atoms with van der Waals surface area (Å²) in [6.45, 7) is 1.63. The number of ether oxygens (including phenoxy) is 1. The second kappa shape index (κ2) is 5.73. The van der Waals surface area contributed by atoms with Crippen molar-refractivity contribution in [2.75, 3.05) is 12.4 Å². The van der Waals surface area contributed by atoms with Crippen LogP contribution in [-0.4, -0.2) is 19.1 Å². The van der Waals surface area contributed by atoms with Crippen LogP contribution in [0.5, 0.6) is 0 Å². The van der Waals surface area contributed by atoms with E-state index in [4.69, 9.17) is 39.5 Å². The predicted molar refractivity (Wildman–Crippen MR) is 66.6 cm³/mol. The summed E-state index contributed by atoms with van der Waals surface area (Å²) < 4.78 is 4.86. The Morgan fingerprint density at radius 3 is 2.38 bits per heavy atom. The molecule has 0 saturated carbocycles. The summed E-state index contributed by atoms with van der Waals surface area (Å²) in [4.78, 5) is 11.5. The van der Waals surface area contributed by atoms with E-state index >= 15 is 0 Å². The second-order valence-electron chi connectivity index (χ2n) is 3.11. The zero-order valence-electron chi connectivity index (χ0n) is 8.68. The summed E-state index contributed by atoms with van der Waals surface area (Å²) in [7, 11) is 1.45. The highest BCUT2D eigenvalue weighted by Crippen LogP contribution is 2.32. The van der Waals surface area contributed by atoms with Crippen molar-refractivity contribution in [1.82, 2.24) is 0 Å². The van der Waals surface area contributed by atoms with Gasteiger partial charge in [-0.15, -0.1) is 0 Å². The van der Waals surface area contributed by atoms with Crippen LogP contribution < -0.4 is 5.32 Å². The molecule has 16 heavy (non-hydrogen) atoms. The minimum absolute atomic E-state index is 0.303. The first kappa shape index (κ1) is 13.6. The summed E-state index contributed by atoms with van der Waals surface area (Å²) in [6, 6.07) is 2.96. The number of anilines is 1. The van der Waals surface area contributed by atoms with Gasteiger partial charge in [0.05, 0.1) is 20.8 Å². The van der Waals surface area contributed by atoms with Gasteiger partial charge in [-0.2, -0.15) is 0 Å². The first-order valence-corrected chi connectivity index (χ1v) is 5.57. The van der Waals surface area contributed by atoms with Crippen molar-refractivity contribution >= 4 is 46.4 Å². The molecule has 1 aromatic carbocycles. The number of benzene rings is 1. The van der Waals surface area contributed by atoms with E-state index in [1.165, 1.54) is 19.2 Å². The summed E-state index contributed by atoms with van der Waals surface area (Å²) >= 11 is 17.5. The largest absolute Gasteiger partial charge is 0.372 e. The molecule has 0 heterocycles. The van der Waals surface area contributed by atoms with Crippen LogP contribution in [0.15, 0.2) is 12.1 Å². The highest BCUT2D eigenvalue weighted by molar-refractivity contribution is 6.44. The third-order valence-electron chi connectivity index (χ3n) is 1.99. The van der Waals surface area contributed by atoms with Crippen LogP contribution in [0.4, 0.5) is 5.69 Å². The van der Waals surface area contributed by atoms with Gasteiger partial charge in [-0.25, -0.2) is 0 Å². The van der Waals surface area contributed by atoms with Gasteiger partial charge in [-0.05, 0) is 19.1 Å². The summed E-state index contributed by atoms with van der Waals surface area (Å²) in [6.07, 6.45) is -0.564. The molecule has 1 unspecified atom stereocenters. The lowest BCUT2D eigenvalue weighted by Gasteiger charge is -2.12. The molecule has 6 heteroatoms. The van der Waals surface area contributed by atoms with Gasteiger partial charge in [-0.3, -0.25) is 4.79 Å². The van der Waals surface area contributed by atoms with Gasteiger partial charge in [0.15, 0.2) is 0 Å². The van der Waals surface area contributed by atoms with Crippen LogP contribution in [0.3, 0.4) is 0 Å². The Balaban J connectivity index is 2.90. The number of amides is 1. The molecule has 1 rings (SSSR count). The molecule has 0 aliphatic heterocycles. The van der Waals surface area contributed by atoms with Crippen LogP contribution in [0.2, 0.25) is 15.1 Å². The van der Waals surface area contributed by atoms with Crippen molar-refractivity contribution in [3.63, 3.8) is 0 Å². The molecular formula is C10H10Cl3NO2. The van der Waals surface area contributed by atoms with Gasteiger partial charge < -0.3 is 10.1 Å². The van der Waals surface area contributed by atoms with Crippen molar-refractivity contribution in [3.05, 3.63) is 27.2 Å². The topological polar surface area (TPSA) is 38.3 Å². The van der Waals surface area contributed by atoms with Gasteiger partial charge in [0, 0.05) is 7.11 Å². The minimum Gasteiger partial charge on any atom is -0.372 e.